The van der Waals surface area contributed by atoms with Gasteiger partial charge in [0, 0.05) is 6.42 Å². The quantitative estimate of drug-likeness (QED) is 0.268. The fourth-order valence-corrected chi connectivity index (χ4v) is 2.46. The van der Waals surface area contributed by atoms with Crippen LogP contribution in [0.4, 0.5) is 0 Å². The minimum atomic E-state index is -1.63. The lowest BCUT2D eigenvalue weighted by molar-refractivity contribution is -0.366. The predicted molar refractivity (Wildman–Crippen MR) is 67.2 cm³/mol. The summed E-state index contributed by atoms with van der Waals surface area (Å²) in [6.45, 7) is -1.11. The summed E-state index contributed by atoms with van der Waals surface area (Å²) < 4.78 is 15.5. The predicted octanol–water partition coefficient (Wildman–Crippen LogP) is -4.37. The van der Waals surface area contributed by atoms with Gasteiger partial charge in [0.15, 0.2) is 12.6 Å². The van der Waals surface area contributed by atoms with Crippen molar-refractivity contribution in [2.45, 2.75) is 61.7 Å². The monoisotopic (exact) mass is 326 g/mol. The first-order chi connectivity index (χ1) is 10.4. The molecule has 3 unspecified atom stereocenters. The largest absolute Gasteiger partial charge is 0.394 e. The second-order valence-electron chi connectivity index (χ2n) is 5.43. The van der Waals surface area contributed by atoms with Gasteiger partial charge in [-0.25, -0.2) is 0 Å². The molecule has 2 aliphatic heterocycles. The Bertz CT molecular complexity index is 353. The van der Waals surface area contributed by atoms with Gasteiger partial charge in [-0.3, -0.25) is 0 Å². The van der Waals surface area contributed by atoms with Crippen LogP contribution in [0.2, 0.25) is 0 Å². The van der Waals surface area contributed by atoms with Gasteiger partial charge in [0.2, 0.25) is 0 Å². The second-order valence-corrected chi connectivity index (χ2v) is 5.43. The first kappa shape index (κ1) is 17.9. The van der Waals surface area contributed by atoms with Crippen LogP contribution in [0.25, 0.3) is 0 Å². The van der Waals surface area contributed by atoms with Crippen LogP contribution in [-0.2, 0) is 14.2 Å². The number of aliphatic hydroxyl groups is 7. The molecule has 10 nitrogen and oxygen atoms in total. The Morgan fingerprint density at radius 1 is 0.727 bits per heavy atom. The fraction of sp³-hybridized carbons (Fsp3) is 1.00. The Labute approximate surface area is 126 Å². The van der Waals surface area contributed by atoms with Gasteiger partial charge in [0.25, 0.3) is 0 Å². The average Bonchev–Trinajstić information content (AvgIpc) is 2.50. The van der Waals surface area contributed by atoms with Crippen molar-refractivity contribution >= 4 is 0 Å². The molecule has 10 heteroatoms. The maximum Gasteiger partial charge on any atom is 0.189 e. The standard InChI is InChI=1S/C12H22O10/c13-2-6-4(15)1-5(16)11(20-6)22-12-10(19)9(18)8(17)7(3-14)21-12/h4-19H,1-3H2/t4-,5-,6?,7?,8+,9+,10?,11+,12+/m0/s1. The molecule has 7 N–H and O–H groups in total. The van der Waals surface area contributed by atoms with E-state index in [9.17, 15) is 25.5 Å². The van der Waals surface area contributed by atoms with Gasteiger partial charge in [-0.2, -0.15) is 0 Å². The third-order valence-corrected chi connectivity index (χ3v) is 3.83. The number of rotatable bonds is 4. The molecule has 2 aliphatic rings. The first-order valence-electron chi connectivity index (χ1n) is 6.97. The zero-order valence-electron chi connectivity index (χ0n) is 11.7. The van der Waals surface area contributed by atoms with E-state index in [4.69, 9.17) is 24.4 Å². The van der Waals surface area contributed by atoms with Gasteiger partial charge < -0.3 is 50.0 Å². The van der Waals surface area contributed by atoms with Gasteiger partial charge in [0.05, 0.1) is 19.3 Å². The molecule has 0 aromatic heterocycles. The smallest absolute Gasteiger partial charge is 0.189 e. The molecule has 2 rings (SSSR count). The van der Waals surface area contributed by atoms with Crippen LogP contribution < -0.4 is 0 Å². The molecule has 0 bridgehead atoms. The second kappa shape index (κ2) is 7.45. The molecule has 0 spiro atoms. The minimum Gasteiger partial charge on any atom is -0.394 e. The van der Waals surface area contributed by atoms with E-state index in [2.05, 4.69) is 0 Å². The average molecular weight is 326 g/mol. The van der Waals surface area contributed by atoms with E-state index in [1.807, 2.05) is 0 Å². The van der Waals surface area contributed by atoms with Crippen LogP contribution in [0, 0.1) is 0 Å². The Kier molecular flexibility index (Phi) is 6.07. The molecule has 0 radical (unpaired) electrons. The molecule has 0 aromatic rings. The normalized spacial score (nSPS) is 50.0. The van der Waals surface area contributed by atoms with E-state index in [0.29, 0.717) is 0 Å². The molecule has 0 aliphatic carbocycles. The molecule has 9 atom stereocenters. The molecular weight excluding hydrogens is 304 g/mol. The highest BCUT2D eigenvalue weighted by molar-refractivity contribution is 4.90. The molecule has 0 saturated carbocycles. The van der Waals surface area contributed by atoms with Gasteiger partial charge in [-0.15, -0.1) is 0 Å². The van der Waals surface area contributed by atoms with Crippen molar-refractivity contribution in [3.8, 4) is 0 Å². The van der Waals surface area contributed by atoms with E-state index in [0.717, 1.165) is 0 Å². The lowest BCUT2D eigenvalue weighted by Gasteiger charge is -2.43. The van der Waals surface area contributed by atoms with E-state index < -0.39 is 68.5 Å². The minimum absolute atomic E-state index is 0.118. The van der Waals surface area contributed by atoms with E-state index >= 15 is 0 Å². The lowest BCUT2D eigenvalue weighted by Crippen LogP contribution is -2.61. The summed E-state index contributed by atoms with van der Waals surface area (Å²) in [5.74, 6) is 0. The summed E-state index contributed by atoms with van der Waals surface area (Å²) in [6, 6.07) is 0. The molecular formula is C12H22O10. The van der Waals surface area contributed by atoms with Gasteiger partial charge in [0.1, 0.15) is 36.6 Å². The van der Waals surface area contributed by atoms with Gasteiger partial charge in [-0.05, 0) is 0 Å². The zero-order chi connectivity index (χ0) is 16.4. The van der Waals surface area contributed by atoms with E-state index in [-0.39, 0.29) is 6.42 Å². The van der Waals surface area contributed by atoms with Crippen molar-refractivity contribution in [3.05, 3.63) is 0 Å². The fourth-order valence-electron chi connectivity index (χ4n) is 2.46. The highest BCUT2D eigenvalue weighted by Gasteiger charge is 2.47. The molecule has 2 fully saturated rings. The number of ether oxygens (including phenoxy) is 3. The van der Waals surface area contributed by atoms with Crippen molar-refractivity contribution in [2.24, 2.45) is 0 Å². The summed E-state index contributed by atoms with van der Waals surface area (Å²) in [7, 11) is 0. The van der Waals surface area contributed by atoms with E-state index in [1.165, 1.54) is 0 Å². The van der Waals surface area contributed by atoms with Crippen LogP contribution in [0.5, 0.6) is 0 Å². The summed E-state index contributed by atoms with van der Waals surface area (Å²) >= 11 is 0. The highest BCUT2D eigenvalue weighted by atomic mass is 16.8. The van der Waals surface area contributed by atoms with Gasteiger partial charge in [-0.1, -0.05) is 0 Å². The Morgan fingerprint density at radius 2 is 1.32 bits per heavy atom. The lowest BCUT2D eigenvalue weighted by atomic mass is 9.99. The molecule has 0 aromatic carbocycles. The van der Waals surface area contributed by atoms with Crippen molar-refractivity contribution in [1.82, 2.24) is 0 Å². The maximum absolute atomic E-state index is 9.84. The number of hydrogen-bond donors (Lipinski definition) is 7. The van der Waals surface area contributed by atoms with Gasteiger partial charge >= 0.3 is 0 Å². The zero-order valence-corrected chi connectivity index (χ0v) is 11.7. The van der Waals surface area contributed by atoms with Crippen LogP contribution >= 0.6 is 0 Å². The molecule has 130 valence electrons. The topological polar surface area (TPSA) is 169 Å². The number of hydrogen-bond acceptors (Lipinski definition) is 10. The van der Waals surface area contributed by atoms with Crippen molar-refractivity contribution in [3.63, 3.8) is 0 Å². The van der Waals surface area contributed by atoms with Crippen molar-refractivity contribution in [2.75, 3.05) is 13.2 Å². The SMILES string of the molecule is OCC1O[C@H](O[C@H]2OC(CO)[C@@H](O)C[C@@H]2O)C(O)[C@H](O)[C@@H]1O. The van der Waals surface area contributed by atoms with Crippen molar-refractivity contribution in [1.29, 1.82) is 0 Å². The van der Waals surface area contributed by atoms with E-state index in [1.54, 1.807) is 0 Å². The molecule has 0 amide bonds. The molecule has 2 heterocycles. The van der Waals surface area contributed by atoms with Crippen LogP contribution in [0.1, 0.15) is 6.42 Å². The molecule has 22 heavy (non-hydrogen) atoms. The summed E-state index contributed by atoms with van der Waals surface area (Å²) in [5.41, 5.74) is 0. The number of aliphatic hydroxyl groups excluding tert-OH is 7. The summed E-state index contributed by atoms with van der Waals surface area (Å²) in [4.78, 5) is 0. The Hall–Kier alpha value is -0.400. The van der Waals surface area contributed by atoms with Crippen molar-refractivity contribution < 1.29 is 50.0 Å². The third-order valence-electron chi connectivity index (χ3n) is 3.83. The van der Waals surface area contributed by atoms with Crippen LogP contribution in [0.3, 0.4) is 0 Å². The highest BCUT2D eigenvalue weighted by Crippen LogP contribution is 2.27. The maximum atomic E-state index is 9.84. The van der Waals surface area contributed by atoms with Crippen LogP contribution in [-0.4, -0.2) is 104 Å². The Morgan fingerprint density at radius 3 is 1.91 bits per heavy atom. The summed E-state index contributed by atoms with van der Waals surface area (Å²) in [6.07, 6.45) is -12.1. The summed E-state index contributed by atoms with van der Waals surface area (Å²) in [5, 5.41) is 66.7. The molecule has 2 saturated heterocycles. The first-order valence-corrected chi connectivity index (χ1v) is 6.97. The Balaban J connectivity index is 2.02. The van der Waals surface area contributed by atoms with Crippen LogP contribution in [0.15, 0.2) is 0 Å². The third kappa shape index (κ3) is 3.57.